The lowest BCUT2D eigenvalue weighted by atomic mass is 9.95. The van der Waals surface area contributed by atoms with Crippen LogP contribution in [0.1, 0.15) is 53.4 Å². The standard InChI is InChI=1S/C15H29N3/c1-13(2)17-15(4,12-16)8-5-6-9-18-10-7-14(3)11-18/h13-14,17H,5-11H2,1-4H3. The zero-order valence-electron chi connectivity index (χ0n) is 12.5. The maximum absolute atomic E-state index is 9.26. The third-order valence-corrected chi connectivity index (χ3v) is 3.76. The summed E-state index contributed by atoms with van der Waals surface area (Å²) in [4.78, 5) is 2.56. The summed E-state index contributed by atoms with van der Waals surface area (Å²) in [6.07, 6.45) is 4.65. The van der Waals surface area contributed by atoms with E-state index in [-0.39, 0.29) is 5.54 Å². The fourth-order valence-corrected chi connectivity index (χ4v) is 2.84. The van der Waals surface area contributed by atoms with Gasteiger partial charge in [0.1, 0.15) is 5.54 Å². The van der Waals surface area contributed by atoms with Gasteiger partial charge in [-0.1, -0.05) is 6.92 Å². The summed E-state index contributed by atoms with van der Waals surface area (Å²) >= 11 is 0. The van der Waals surface area contributed by atoms with Gasteiger partial charge >= 0.3 is 0 Å². The minimum absolute atomic E-state index is 0.355. The molecule has 1 rings (SSSR count). The molecule has 0 radical (unpaired) electrons. The maximum Gasteiger partial charge on any atom is 0.104 e. The van der Waals surface area contributed by atoms with Gasteiger partial charge < -0.3 is 4.90 Å². The molecule has 2 atom stereocenters. The van der Waals surface area contributed by atoms with Gasteiger partial charge in [0.25, 0.3) is 0 Å². The monoisotopic (exact) mass is 251 g/mol. The van der Waals surface area contributed by atoms with E-state index >= 15 is 0 Å². The fraction of sp³-hybridized carbons (Fsp3) is 0.933. The molecule has 18 heavy (non-hydrogen) atoms. The molecule has 1 N–H and O–H groups in total. The minimum atomic E-state index is -0.355. The summed E-state index contributed by atoms with van der Waals surface area (Å²) in [6.45, 7) is 12.3. The van der Waals surface area contributed by atoms with Gasteiger partial charge in [-0.05, 0) is 65.5 Å². The summed E-state index contributed by atoms with van der Waals surface area (Å²) in [5.41, 5.74) is -0.355. The van der Waals surface area contributed by atoms with Crippen LogP contribution in [0.2, 0.25) is 0 Å². The van der Waals surface area contributed by atoms with E-state index in [1.54, 1.807) is 0 Å². The van der Waals surface area contributed by atoms with Crippen molar-refractivity contribution in [2.75, 3.05) is 19.6 Å². The van der Waals surface area contributed by atoms with Gasteiger partial charge in [0.05, 0.1) is 6.07 Å². The Bertz CT molecular complexity index is 282. The van der Waals surface area contributed by atoms with Gasteiger partial charge in [-0.2, -0.15) is 5.26 Å². The number of hydrogen-bond donors (Lipinski definition) is 1. The van der Waals surface area contributed by atoms with Crippen molar-refractivity contribution in [2.24, 2.45) is 5.92 Å². The molecule has 1 aliphatic rings. The van der Waals surface area contributed by atoms with Crippen molar-refractivity contribution in [3.63, 3.8) is 0 Å². The molecule has 1 heterocycles. The molecule has 2 unspecified atom stereocenters. The summed E-state index contributed by atoms with van der Waals surface area (Å²) < 4.78 is 0. The van der Waals surface area contributed by atoms with E-state index in [4.69, 9.17) is 0 Å². The molecule has 0 bridgehead atoms. The average molecular weight is 251 g/mol. The third-order valence-electron chi connectivity index (χ3n) is 3.76. The Morgan fingerprint density at radius 2 is 2.17 bits per heavy atom. The van der Waals surface area contributed by atoms with Crippen LogP contribution in [0.5, 0.6) is 0 Å². The predicted molar refractivity (Wildman–Crippen MR) is 76.4 cm³/mol. The quantitative estimate of drug-likeness (QED) is 0.707. The molecule has 0 aromatic heterocycles. The first-order valence-electron chi connectivity index (χ1n) is 7.36. The summed E-state index contributed by atoms with van der Waals surface area (Å²) in [7, 11) is 0. The van der Waals surface area contributed by atoms with Crippen molar-refractivity contribution < 1.29 is 0 Å². The normalized spacial score (nSPS) is 24.1. The molecule has 0 spiro atoms. The first kappa shape index (κ1) is 15.5. The second kappa shape index (κ2) is 7.11. The highest BCUT2D eigenvalue weighted by Crippen LogP contribution is 2.18. The highest BCUT2D eigenvalue weighted by Gasteiger charge is 2.24. The van der Waals surface area contributed by atoms with E-state index in [1.807, 2.05) is 6.92 Å². The van der Waals surface area contributed by atoms with Gasteiger partial charge in [0.2, 0.25) is 0 Å². The van der Waals surface area contributed by atoms with Crippen LogP contribution in [0.4, 0.5) is 0 Å². The average Bonchev–Trinajstić information content (AvgIpc) is 2.70. The van der Waals surface area contributed by atoms with E-state index in [1.165, 1.54) is 32.5 Å². The second-order valence-corrected chi connectivity index (χ2v) is 6.39. The molecule has 0 aromatic carbocycles. The topological polar surface area (TPSA) is 39.1 Å². The van der Waals surface area contributed by atoms with E-state index in [2.05, 4.69) is 37.1 Å². The van der Waals surface area contributed by atoms with Gasteiger partial charge in [0.15, 0.2) is 0 Å². The molecule has 1 fully saturated rings. The third kappa shape index (κ3) is 5.37. The Labute approximate surface area is 113 Å². The maximum atomic E-state index is 9.26. The van der Waals surface area contributed by atoms with E-state index in [0.717, 1.165) is 18.8 Å². The van der Waals surface area contributed by atoms with Crippen LogP contribution in [0.15, 0.2) is 0 Å². The number of nitrogens with zero attached hydrogens (tertiary/aromatic N) is 2. The highest BCUT2D eigenvalue weighted by molar-refractivity contribution is 5.04. The van der Waals surface area contributed by atoms with Crippen molar-refractivity contribution in [1.29, 1.82) is 5.26 Å². The molecular weight excluding hydrogens is 222 g/mol. The summed E-state index contributed by atoms with van der Waals surface area (Å²) in [5.74, 6) is 0.872. The van der Waals surface area contributed by atoms with Crippen LogP contribution in [0.25, 0.3) is 0 Å². The Hall–Kier alpha value is -0.590. The lowest BCUT2D eigenvalue weighted by Crippen LogP contribution is -2.44. The number of rotatable bonds is 7. The molecule has 3 heteroatoms. The molecule has 1 aliphatic heterocycles. The van der Waals surface area contributed by atoms with Crippen molar-refractivity contribution in [2.45, 2.75) is 65.0 Å². The zero-order chi connectivity index (χ0) is 13.6. The molecular formula is C15H29N3. The van der Waals surface area contributed by atoms with Gasteiger partial charge in [-0.25, -0.2) is 0 Å². The van der Waals surface area contributed by atoms with Crippen molar-refractivity contribution in [3.05, 3.63) is 0 Å². The van der Waals surface area contributed by atoms with E-state index in [0.29, 0.717) is 6.04 Å². The number of unbranched alkanes of at least 4 members (excludes halogenated alkanes) is 1. The second-order valence-electron chi connectivity index (χ2n) is 6.39. The SMILES string of the molecule is CC1CCN(CCCCC(C)(C#N)NC(C)C)C1. The lowest BCUT2D eigenvalue weighted by molar-refractivity contribution is 0.305. The van der Waals surface area contributed by atoms with Gasteiger partial charge in [0, 0.05) is 12.6 Å². The van der Waals surface area contributed by atoms with Crippen LogP contribution in [0, 0.1) is 17.2 Å². The van der Waals surface area contributed by atoms with E-state index in [9.17, 15) is 5.26 Å². The van der Waals surface area contributed by atoms with Crippen molar-refractivity contribution in [3.8, 4) is 6.07 Å². The fourth-order valence-electron chi connectivity index (χ4n) is 2.84. The molecule has 104 valence electrons. The Balaban J connectivity index is 2.18. The van der Waals surface area contributed by atoms with Crippen LogP contribution >= 0.6 is 0 Å². The Morgan fingerprint density at radius 1 is 1.44 bits per heavy atom. The van der Waals surface area contributed by atoms with Crippen LogP contribution in [0.3, 0.4) is 0 Å². The predicted octanol–water partition coefficient (Wildman–Crippen LogP) is 2.78. The molecule has 1 saturated heterocycles. The molecule has 0 aliphatic carbocycles. The first-order valence-corrected chi connectivity index (χ1v) is 7.36. The van der Waals surface area contributed by atoms with E-state index < -0.39 is 0 Å². The molecule has 0 saturated carbocycles. The zero-order valence-corrected chi connectivity index (χ0v) is 12.5. The molecule has 0 amide bonds. The van der Waals surface area contributed by atoms with Crippen molar-refractivity contribution in [1.82, 2.24) is 10.2 Å². The summed E-state index contributed by atoms with van der Waals surface area (Å²) in [6, 6.07) is 2.79. The number of hydrogen-bond acceptors (Lipinski definition) is 3. The first-order chi connectivity index (χ1) is 8.45. The van der Waals surface area contributed by atoms with Crippen LogP contribution in [-0.4, -0.2) is 36.1 Å². The number of likely N-dealkylation sites (tertiary alicyclic amines) is 1. The Kier molecular flexibility index (Phi) is 6.11. The van der Waals surface area contributed by atoms with Crippen LogP contribution < -0.4 is 5.32 Å². The smallest absolute Gasteiger partial charge is 0.104 e. The molecule has 0 aromatic rings. The molecule has 3 nitrogen and oxygen atoms in total. The van der Waals surface area contributed by atoms with Gasteiger partial charge in [-0.15, -0.1) is 0 Å². The van der Waals surface area contributed by atoms with Crippen molar-refractivity contribution >= 4 is 0 Å². The Morgan fingerprint density at radius 3 is 2.67 bits per heavy atom. The highest BCUT2D eigenvalue weighted by atomic mass is 15.1. The lowest BCUT2D eigenvalue weighted by Gasteiger charge is -2.26. The summed E-state index contributed by atoms with van der Waals surface area (Å²) in [5, 5.41) is 12.6. The largest absolute Gasteiger partial charge is 0.303 e. The number of nitrogens with one attached hydrogen (secondary N) is 1. The number of nitriles is 1. The van der Waals surface area contributed by atoms with Gasteiger partial charge in [-0.3, -0.25) is 5.32 Å². The van der Waals surface area contributed by atoms with Crippen LogP contribution in [-0.2, 0) is 0 Å². The minimum Gasteiger partial charge on any atom is -0.303 e.